The number of anilines is 1. The standard InChI is InChI=1S/C72H103FN10O21/c1-8-72(93)53-38-58-65-51(41-83(58)68(89)52(53)44-103-69(72)90)63-55(16-15-50-47(6)54(73)39-57(78-65)62(50)63)80-71(92)104-43-48-11-13-49(14-12-48)77-60(85)42-82(7)61(86)40-76-66(87)56(10-9-19-75-70(74)91)79-67(88)64(46(4)5)81-59(84)18-21-95-23-25-97-27-29-99-31-33-101-35-37-102-36-34-100-32-30-98-28-26-96-24-22-94-20-17-45(2)3/h11-14,38-39,45-46,55-56,64,93H,8-10,15-37,40-44H2,1-7H3,(H,76,87)(H,77,85)(H,79,88)(H,80,92)(H,81,84)(H3,74,75,91)/t55-,56-,64-,72-/m0/s1. The number of amides is 8. The maximum atomic E-state index is 15.5. The number of fused-ring (bicyclic) bond motifs is 5. The van der Waals surface area contributed by atoms with Crippen LogP contribution in [0.1, 0.15) is 118 Å². The van der Waals surface area contributed by atoms with Crippen molar-refractivity contribution in [2.24, 2.45) is 17.6 Å². The summed E-state index contributed by atoms with van der Waals surface area (Å²) < 4.78 is 77.5. The van der Waals surface area contributed by atoms with Crippen LogP contribution in [0.5, 0.6) is 0 Å². The number of aryl methyl sites for hydroxylation is 1. The van der Waals surface area contributed by atoms with E-state index in [2.05, 4.69) is 45.7 Å². The summed E-state index contributed by atoms with van der Waals surface area (Å²) in [5, 5.41) is 28.1. The van der Waals surface area contributed by atoms with E-state index in [9.17, 15) is 48.3 Å². The highest BCUT2D eigenvalue weighted by molar-refractivity contribution is 5.97. The van der Waals surface area contributed by atoms with E-state index in [-0.39, 0.29) is 82.9 Å². The van der Waals surface area contributed by atoms with E-state index in [1.54, 1.807) is 58.0 Å². The van der Waals surface area contributed by atoms with Crippen LogP contribution in [0.4, 0.5) is 19.7 Å². The zero-order chi connectivity index (χ0) is 75.1. The molecule has 3 aliphatic rings. The minimum Gasteiger partial charge on any atom is -0.458 e. The van der Waals surface area contributed by atoms with Crippen molar-refractivity contribution in [3.05, 3.63) is 91.5 Å². The van der Waals surface area contributed by atoms with Crippen LogP contribution in [0.15, 0.2) is 41.2 Å². The topological polar surface area (TPSA) is 395 Å². The fraction of sp³-hybridized carbons (Fsp3) is 0.611. The molecule has 7 rings (SSSR count). The van der Waals surface area contributed by atoms with E-state index in [1.807, 2.05) is 0 Å². The van der Waals surface area contributed by atoms with Crippen molar-refractivity contribution in [3.8, 4) is 11.4 Å². The summed E-state index contributed by atoms with van der Waals surface area (Å²) in [7, 11) is 1.36. The second-order valence-electron chi connectivity index (χ2n) is 26.1. The molecule has 1 aliphatic carbocycles. The lowest BCUT2D eigenvalue weighted by molar-refractivity contribution is -0.172. The van der Waals surface area contributed by atoms with Crippen LogP contribution < -0.4 is 43.2 Å². The van der Waals surface area contributed by atoms with E-state index in [0.717, 1.165) is 23.5 Å². The summed E-state index contributed by atoms with van der Waals surface area (Å²) >= 11 is 0. The lowest BCUT2D eigenvalue weighted by Gasteiger charge is -2.31. The summed E-state index contributed by atoms with van der Waals surface area (Å²) in [6, 6.07) is 5.59. The van der Waals surface area contributed by atoms with Gasteiger partial charge in [-0.3, -0.25) is 28.8 Å². The number of nitrogens with two attached hydrogens (primary N) is 1. The van der Waals surface area contributed by atoms with Crippen molar-refractivity contribution in [2.45, 2.75) is 130 Å². The van der Waals surface area contributed by atoms with Gasteiger partial charge in [0.2, 0.25) is 29.5 Å². The fourth-order valence-electron chi connectivity index (χ4n) is 11.8. The van der Waals surface area contributed by atoms with Gasteiger partial charge in [0.15, 0.2) is 5.60 Å². The van der Waals surface area contributed by atoms with E-state index in [4.69, 9.17) is 62.8 Å². The number of cyclic esters (lactones) is 1. The zero-order valence-electron chi connectivity index (χ0n) is 60.7. The molecule has 2 aromatic heterocycles. The highest BCUT2D eigenvalue weighted by Gasteiger charge is 2.46. The Hall–Kier alpha value is -8.31. The molecule has 2 aromatic carbocycles. The number of aliphatic hydroxyl groups is 1. The number of rotatable bonds is 48. The average Bonchev–Trinajstić information content (AvgIpc) is 1.51. The predicted octanol–water partition coefficient (Wildman–Crippen LogP) is 3.61. The Balaban J connectivity index is 0.756. The fourth-order valence-corrected chi connectivity index (χ4v) is 11.8. The van der Waals surface area contributed by atoms with Gasteiger partial charge < -0.3 is 104 Å². The number of hydrogen-bond acceptors (Lipinski definition) is 22. The first-order chi connectivity index (χ1) is 50.0. The Morgan fingerprint density at radius 2 is 1.32 bits per heavy atom. The normalized spacial score (nSPS) is 15.5. The molecule has 574 valence electrons. The Bertz CT molecular complexity index is 3600. The lowest BCUT2D eigenvalue weighted by atomic mass is 9.81. The average molecular weight is 1460 g/mol. The quantitative estimate of drug-likeness (QED) is 0.0204. The van der Waals surface area contributed by atoms with Gasteiger partial charge in [0, 0.05) is 54.9 Å². The first-order valence-corrected chi connectivity index (χ1v) is 35.5. The number of likely N-dealkylation sites (N-methyl/N-ethyl adjacent to an activating group) is 1. The highest BCUT2D eigenvalue weighted by atomic mass is 19.1. The molecule has 0 unspecified atom stereocenters. The lowest BCUT2D eigenvalue weighted by Crippen LogP contribution is -2.56. The Kier molecular flexibility index (Phi) is 34.0. The number of esters is 1. The van der Waals surface area contributed by atoms with Crippen LogP contribution in [0, 0.1) is 24.6 Å². The molecule has 4 heterocycles. The summed E-state index contributed by atoms with van der Waals surface area (Å²) in [5.74, 6) is -4.22. The van der Waals surface area contributed by atoms with Gasteiger partial charge in [-0.05, 0) is 97.7 Å². The third kappa shape index (κ3) is 24.9. The third-order valence-corrected chi connectivity index (χ3v) is 17.7. The molecule has 0 fully saturated rings. The monoisotopic (exact) mass is 1460 g/mol. The molecular formula is C72H103FN10O21. The molecule has 32 heteroatoms. The van der Waals surface area contributed by atoms with Crippen LogP contribution in [0.2, 0.25) is 0 Å². The third-order valence-electron chi connectivity index (χ3n) is 17.7. The molecule has 4 aromatic rings. The van der Waals surface area contributed by atoms with Crippen LogP contribution in [-0.2, 0) is 113 Å². The maximum absolute atomic E-state index is 15.5. The number of halogens is 1. The number of urea groups is 1. The van der Waals surface area contributed by atoms with E-state index >= 15 is 4.39 Å². The second-order valence-corrected chi connectivity index (χ2v) is 26.1. The Morgan fingerprint density at radius 1 is 0.740 bits per heavy atom. The van der Waals surface area contributed by atoms with E-state index < -0.39 is 102 Å². The molecule has 9 N–H and O–H groups in total. The van der Waals surface area contributed by atoms with E-state index in [0.29, 0.717) is 161 Å². The summed E-state index contributed by atoms with van der Waals surface area (Å²) in [6.07, 6.45) is 1.13. The molecule has 4 atom stereocenters. The van der Waals surface area contributed by atoms with Crippen molar-refractivity contribution >= 4 is 64.2 Å². The number of pyridine rings is 2. The molecule has 104 heavy (non-hydrogen) atoms. The van der Waals surface area contributed by atoms with E-state index in [1.165, 1.54) is 17.7 Å². The van der Waals surface area contributed by atoms with Crippen molar-refractivity contribution in [1.29, 1.82) is 0 Å². The number of ether oxygens (including phenoxy) is 11. The van der Waals surface area contributed by atoms with Gasteiger partial charge in [0.25, 0.3) is 5.56 Å². The van der Waals surface area contributed by atoms with Crippen molar-refractivity contribution in [3.63, 3.8) is 0 Å². The summed E-state index contributed by atoms with van der Waals surface area (Å²) in [6.45, 7) is 17.2. The molecule has 31 nitrogen and oxygen atoms in total. The van der Waals surface area contributed by atoms with Crippen LogP contribution in [0.25, 0.3) is 22.3 Å². The van der Waals surface area contributed by atoms with Gasteiger partial charge in [-0.2, -0.15) is 0 Å². The molecule has 8 amide bonds. The summed E-state index contributed by atoms with van der Waals surface area (Å²) in [4.78, 5) is 125. The number of carbonyl (C=O) groups is 8. The molecule has 2 aliphatic heterocycles. The smallest absolute Gasteiger partial charge is 0.407 e. The number of nitrogens with zero attached hydrogens (tertiary/aromatic N) is 3. The SMILES string of the molecule is CC[C@@]1(O)C(=O)OCc2c1cc1n(c2=O)Cc2c-1nc1cc(F)c(C)c3c1c2[C@@H](NC(=O)OCc1ccc(NC(=O)CN(C)C(=O)CNC(=O)[C@H](CCCNC(N)=O)NC(=O)[C@@H](NC(=O)CCOCCOCCOCCOCCOCCOCCOCCOCCOCCC(C)C)C(C)C)cc1)CC3. The van der Waals surface area contributed by atoms with Crippen molar-refractivity contribution in [1.82, 2.24) is 41.0 Å². The van der Waals surface area contributed by atoms with Crippen LogP contribution in [0.3, 0.4) is 0 Å². The number of hydrogen-bond donors (Lipinski definition) is 8. The Labute approximate surface area is 604 Å². The molecule has 0 spiro atoms. The Morgan fingerprint density at radius 3 is 1.88 bits per heavy atom. The van der Waals surface area contributed by atoms with Crippen LogP contribution in [-0.4, -0.2) is 225 Å². The highest BCUT2D eigenvalue weighted by Crippen LogP contribution is 2.46. The van der Waals surface area contributed by atoms with Gasteiger partial charge in [-0.1, -0.05) is 46.8 Å². The number of carbonyl (C=O) groups excluding carboxylic acids is 8. The van der Waals surface area contributed by atoms with Gasteiger partial charge >= 0.3 is 18.1 Å². The largest absolute Gasteiger partial charge is 0.458 e. The molecule has 0 radical (unpaired) electrons. The van der Waals surface area contributed by atoms with Gasteiger partial charge in [0.1, 0.15) is 31.1 Å². The van der Waals surface area contributed by atoms with Crippen LogP contribution >= 0.6 is 0 Å². The van der Waals surface area contributed by atoms with Gasteiger partial charge in [-0.15, -0.1) is 0 Å². The minimum atomic E-state index is -2.05. The zero-order valence-corrected chi connectivity index (χ0v) is 60.7. The number of benzene rings is 2. The van der Waals surface area contributed by atoms with Crippen molar-refractivity contribution < 1.29 is 100.0 Å². The summed E-state index contributed by atoms with van der Waals surface area (Å²) in [5.41, 5.74) is 7.35. The first-order valence-electron chi connectivity index (χ1n) is 35.5. The maximum Gasteiger partial charge on any atom is 0.407 e. The number of alkyl carbamates (subject to hydrolysis) is 1. The number of aromatic nitrogens is 2. The van der Waals surface area contributed by atoms with Crippen molar-refractivity contribution in [2.75, 3.05) is 151 Å². The molecule has 0 saturated heterocycles. The first kappa shape index (κ1) is 83.0. The number of primary amides is 1. The number of nitrogens with one attached hydrogen (secondary N) is 6. The minimum absolute atomic E-state index is 0.00724. The molecular weight excluding hydrogens is 1360 g/mol. The second kappa shape index (κ2) is 42.6. The van der Waals surface area contributed by atoms with Gasteiger partial charge in [0.05, 0.1) is 160 Å². The molecule has 0 bridgehead atoms. The van der Waals surface area contributed by atoms with Gasteiger partial charge in [-0.25, -0.2) is 23.8 Å². The predicted molar refractivity (Wildman–Crippen MR) is 376 cm³/mol. The molecule has 0 saturated carbocycles.